The minimum Gasteiger partial charge on any atom is -0.297 e. The lowest BCUT2D eigenvalue weighted by molar-refractivity contribution is -0.385. The number of thiophene rings is 1. The standard InChI is InChI=1S/C16H13N3O3S2/c1-9-14(11-6-4-3-5-7-11)24-16(17-9)18-15(20)13-8-12(19(21)22)10(2)23-13/h3-8H,1-2H3,(H,17,18,20). The van der Waals surface area contributed by atoms with E-state index in [-0.39, 0.29) is 11.6 Å². The number of nitro groups is 1. The molecule has 3 aromatic rings. The lowest BCUT2D eigenvalue weighted by Gasteiger charge is -1.97. The Balaban J connectivity index is 1.83. The number of carbonyl (C=O) groups is 1. The smallest absolute Gasteiger partial charge is 0.283 e. The van der Waals surface area contributed by atoms with E-state index >= 15 is 0 Å². The fourth-order valence-corrected chi connectivity index (χ4v) is 4.08. The molecule has 0 aliphatic heterocycles. The van der Waals surface area contributed by atoms with Crippen LogP contribution >= 0.6 is 22.7 Å². The van der Waals surface area contributed by atoms with Gasteiger partial charge in [0.1, 0.15) is 0 Å². The van der Waals surface area contributed by atoms with Crippen molar-refractivity contribution in [1.29, 1.82) is 0 Å². The summed E-state index contributed by atoms with van der Waals surface area (Å²) < 4.78 is 0. The van der Waals surface area contributed by atoms with Gasteiger partial charge in [0.25, 0.3) is 11.6 Å². The van der Waals surface area contributed by atoms with Crippen LogP contribution in [-0.2, 0) is 0 Å². The maximum absolute atomic E-state index is 12.3. The van der Waals surface area contributed by atoms with Gasteiger partial charge < -0.3 is 0 Å². The van der Waals surface area contributed by atoms with Gasteiger partial charge in [0.2, 0.25) is 0 Å². The molecule has 0 bridgehead atoms. The normalized spacial score (nSPS) is 10.6. The first-order valence-corrected chi connectivity index (χ1v) is 8.68. The van der Waals surface area contributed by atoms with Gasteiger partial charge >= 0.3 is 0 Å². The van der Waals surface area contributed by atoms with Crippen molar-refractivity contribution < 1.29 is 9.72 Å². The molecule has 1 amide bonds. The Kier molecular flexibility index (Phi) is 4.41. The van der Waals surface area contributed by atoms with Gasteiger partial charge in [-0.15, -0.1) is 11.3 Å². The number of amides is 1. The summed E-state index contributed by atoms with van der Waals surface area (Å²) in [4.78, 5) is 28.9. The zero-order valence-corrected chi connectivity index (χ0v) is 14.5. The summed E-state index contributed by atoms with van der Waals surface area (Å²) >= 11 is 2.48. The molecule has 2 heterocycles. The average molecular weight is 359 g/mol. The number of carbonyl (C=O) groups excluding carboxylic acids is 1. The van der Waals surface area contributed by atoms with E-state index in [1.165, 1.54) is 17.4 Å². The highest BCUT2D eigenvalue weighted by Crippen LogP contribution is 2.33. The van der Waals surface area contributed by atoms with E-state index in [0.29, 0.717) is 14.9 Å². The molecule has 1 aromatic carbocycles. The molecule has 0 radical (unpaired) electrons. The fourth-order valence-electron chi connectivity index (χ4n) is 2.23. The molecule has 2 aromatic heterocycles. The third-order valence-corrected chi connectivity index (χ3v) is 5.53. The van der Waals surface area contributed by atoms with Crippen molar-refractivity contribution in [3.63, 3.8) is 0 Å². The van der Waals surface area contributed by atoms with Crippen molar-refractivity contribution in [2.75, 3.05) is 5.32 Å². The molecule has 0 spiro atoms. The van der Waals surface area contributed by atoms with Gasteiger partial charge in [-0.1, -0.05) is 41.7 Å². The second kappa shape index (κ2) is 6.50. The molecule has 122 valence electrons. The fraction of sp³-hybridized carbons (Fsp3) is 0.125. The highest BCUT2D eigenvalue weighted by atomic mass is 32.1. The van der Waals surface area contributed by atoms with Crippen LogP contribution in [0.15, 0.2) is 36.4 Å². The summed E-state index contributed by atoms with van der Waals surface area (Å²) in [7, 11) is 0. The molecule has 1 N–H and O–H groups in total. The number of benzene rings is 1. The van der Waals surface area contributed by atoms with Crippen LogP contribution in [0.1, 0.15) is 20.2 Å². The van der Waals surface area contributed by atoms with Crippen LogP contribution in [0, 0.1) is 24.0 Å². The predicted octanol–water partition coefficient (Wildman–Crippen LogP) is 4.65. The molecule has 6 nitrogen and oxygen atoms in total. The third kappa shape index (κ3) is 3.19. The van der Waals surface area contributed by atoms with Gasteiger partial charge in [0.15, 0.2) is 5.13 Å². The first-order chi connectivity index (χ1) is 11.5. The SMILES string of the molecule is Cc1nc(NC(=O)c2cc([N+](=O)[O-])c(C)s2)sc1-c1ccccc1. The average Bonchev–Trinajstić information content (AvgIpc) is 3.11. The Hall–Kier alpha value is -2.58. The Bertz CT molecular complexity index is 916. The van der Waals surface area contributed by atoms with E-state index in [4.69, 9.17) is 0 Å². The van der Waals surface area contributed by atoms with Crippen LogP contribution < -0.4 is 5.32 Å². The second-order valence-electron chi connectivity index (χ2n) is 5.06. The summed E-state index contributed by atoms with van der Waals surface area (Å²) in [5, 5.41) is 14.1. The molecule has 8 heteroatoms. The van der Waals surface area contributed by atoms with Gasteiger partial charge in [0.05, 0.1) is 25.2 Å². The Morgan fingerprint density at radius 2 is 1.92 bits per heavy atom. The number of hydrogen-bond donors (Lipinski definition) is 1. The molecule has 0 fully saturated rings. The Morgan fingerprint density at radius 3 is 2.54 bits per heavy atom. The molecule has 0 aliphatic carbocycles. The molecule has 24 heavy (non-hydrogen) atoms. The van der Waals surface area contributed by atoms with Crippen molar-refractivity contribution >= 4 is 39.4 Å². The number of aryl methyl sites for hydroxylation is 2. The Morgan fingerprint density at radius 1 is 1.21 bits per heavy atom. The number of aromatic nitrogens is 1. The molecular formula is C16H13N3O3S2. The highest BCUT2D eigenvalue weighted by molar-refractivity contribution is 7.19. The molecule has 0 aliphatic rings. The van der Waals surface area contributed by atoms with Crippen molar-refractivity contribution in [3.8, 4) is 10.4 Å². The molecular weight excluding hydrogens is 346 g/mol. The monoisotopic (exact) mass is 359 g/mol. The zero-order valence-electron chi connectivity index (χ0n) is 12.9. The quantitative estimate of drug-likeness (QED) is 0.543. The first-order valence-electron chi connectivity index (χ1n) is 7.04. The topological polar surface area (TPSA) is 85.1 Å². The lowest BCUT2D eigenvalue weighted by atomic mass is 10.2. The number of anilines is 1. The zero-order chi connectivity index (χ0) is 17.3. The molecule has 0 atom stereocenters. The number of nitrogens with one attached hydrogen (secondary N) is 1. The number of thiazole rings is 1. The molecule has 0 saturated heterocycles. The van der Waals surface area contributed by atoms with E-state index in [1.54, 1.807) is 6.92 Å². The van der Waals surface area contributed by atoms with Crippen molar-refractivity contribution in [1.82, 2.24) is 4.98 Å². The van der Waals surface area contributed by atoms with Crippen molar-refractivity contribution in [2.24, 2.45) is 0 Å². The summed E-state index contributed by atoms with van der Waals surface area (Å²) in [5.41, 5.74) is 1.83. The second-order valence-corrected chi connectivity index (χ2v) is 7.32. The number of hydrogen-bond acceptors (Lipinski definition) is 6. The van der Waals surface area contributed by atoms with Gasteiger partial charge in [0, 0.05) is 6.07 Å². The van der Waals surface area contributed by atoms with Gasteiger partial charge in [-0.25, -0.2) is 4.98 Å². The van der Waals surface area contributed by atoms with Crippen LogP contribution in [0.3, 0.4) is 0 Å². The minimum atomic E-state index is -0.482. The summed E-state index contributed by atoms with van der Waals surface area (Å²) in [6.45, 7) is 3.51. The van der Waals surface area contributed by atoms with E-state index in [1.807, 2.05) is 37.3 Å². The van der Waals surface area contributed by atoms with Crippen LogP contribution in [0.4, 0.5) is 10.8 Å². The maximum Gasteiger partial charge on any atom is 0.283 e. The van der Waals surface area contributed by atoms with Crippen LogP contribution in [-0.4, -0.2) is 15.8 Å². The van der Waals surface area contributed by atoms with E-state index < -0.39 is 4.92 Å². The van der Waals surface area contributed by atoms with Crippen LogP contribution in [0.25, 0.3) is 10.4 Å². The minimum absolute atomic E-state index is 0.0366. The first kappa shape index (κ1) is 16.3. The predicted molar refractivity (Wildman–Crippen MR) is 96.0 cm³/mol. The van der Waals surface area contributed by atoms with E-state index in [2.05, 4.69) is 10.3 Å². The van der Waals surface area contributed by atoms with Crippen LogP contribution in [0.2, 0.25) is 0 Å². The summed E-state index contributed by atoms with van der Waals surface area (Å²) in [5.74, 6) is -0.385. The van der Waals surface area contributed by atoms with Gasteiger partial charge in [-0.2, -0.15) is 0 Å². The largest absolute Gasteiger partial charge is 0.297 e. The summed E-state index contributed by atoms with van der Waals surface area (Å²) in [6.07, 6.45) is 0. The maximum atomic E-state index is 12.3. The molecule has 0 saturated carbocycles. The number of nitrogens with zero attached hydrogens (tertiary/aromatic N) is 2. The van der Waals surface area contributed by atoms with E-state index in [9.17, 15) is 14.9 Å². The number of rotatable bonds is 4. The lowest BCUT2D eigenvalue weighted by Crippen LogP contribution is -2.09. The van der Waals surface area contributed by atoms with Crippen molar-refractivity contribution in [3.05, 3.63) is 62.0 Å². The van der Waals surface area contributed by atoms with Gasteiger partial charge in [-0.3, -0.25) is 20.2 Å². The van der Waals surface area contributed by atoms with Gasteiger partial charge in [-0.05, 0) is 19.4 Å². The highest BCUT2D eigenvalue weighted by Gasteiger charge is 2.20. The summed E-state index contributed by atoms with van der Waals surface area (Å²) in [6, 6.07) is 11.1. The van der Waals surface area contributed by atoms with Crippen LogP contribution in [0.5, 0.6) is 0 Å². The van der Waals surface area contributed by atoms with E-state index in [0.717, 1.165) is 27.5 Å². The van der Waals surface area contributed by atoms with Crippen molar-refractivity contribution in [2.45, 2.75) is 13.8 Å². The Labute approximate surface area is 146 Å². The molecule has 3 rings (SSSR count). The molecule has 0 unspecified atom stereocenters. The third-order valence-electron chi connectivity index (χ3n) is 3.37.